The topological polar surface area (TPSA) is 25.4 Å². The van der Waals surface area contributed by atoms with E-state index in [1.54, 1.807) is 0 Å². The van der Waals surface area contributed by atoms with Gasteiger partial charge in [-0.3, -0.25) is 4.90 Å². The third kappa shape index (κ3) is 3.22. The molecule has 2 heterocycles. The summed E-state index contributed by atoms with van der Waals surface area (Å²) in [6.07, 6.45) is 7.12. The van der Waals surface area contributed by atoms with Crippen LogP contribution in [0.3, 0.4) is 0 Å². The number of unbranched alkanes of at least 4 members (excludes halogenated alkanes) is 1. The van der Waals surface area contributed by atoms with Gasteiger partial charge in [0, 0.05) is 18.3 Å². The molecule has 18 heavy (non-hydrogen) atoms. The molecule has 0 amide bonds. The van der Waals surface area contributed by atoms with Crippen molar-refractivity contribution in [3.8, 4) is 5.88 Å². The zero-order chi connectivity index (χ0) is 12.8. The lowest BCUT2D eigenvalue weighted by atomic mass is 10.1. The lowest BCUT2D eigenvalue weighted by Crippen LogP contribution is -2.24. The highest BCUT2D eigenvalue weighted by atomic mass is 16.5. The number of rotatable bonds is 6. The number of hydrogen-bond acceptors (Lipinski definition) is 3. The van der Waals surface area contributed by atoms with E-state index >= 15 is 0 Å². The van der Waals surface area contributed by atoms with Crippen LogP contribution in [0.25, 0.3) is 0 Å². The number of likely N-dealkylation sites (tertiary alicyclic amines) is 1. The molecule has 1 aromatic heterocycles. The quantitative estimate of drug-likeness (QED) is 0.771. The van der Waals surface area contributed by atoms with Crippen molar-refractivity contribution in [3.63, 3.8) is 0 Å². The zero-order valence-corrected chi connectivity index (χ0v) is 11.6. The lowest BCUT2D eigenvalue weighted by Gasteiger charge is -2.24. The monoisotopic (exact) mass is 248 g/mol. The van der Waals surface area contributed by atoms with Crippen LogP contribution in [0, 0.1) is 0 Å². The minimum Gasteiger partial charge on any atom is -0.478 e. The first-order valence-corrected chi connectivity index (χ1v) is 7.18. The molecular formula is C15H24N2O. The van der Waals surface area contributed by atoms with Crippen molar-refractivity contribution in [1.29, 1.82) is 0 Å². The molecule has 0 aliphatic carbocycles. The fourth-order valence-corrected chi connectivity index (χ4v) is 2.65. The van der Waals surface area contributed by atoms with Gasteiger partial charge >= 0.3 is 0 Å². The molecule has 0 radical (unpaired) electrons. The van der Waals surface area contributed by atoms with E-state index in [0.717, 1.165) is 5.88 Å². The maximum Gasteiger partial charge on any atom is 0.213 e. The van der Waals surface area contributed by atoms with Crippen molar-refractivity contribution in [2.24, 2.45) is 0 Å². The highest BCUT2D eigenvalue weighted by molar-refractivity contribution is 5.21. The summed E-state index contributed by atoms with van der Waals surface area (Å²) in [5, 5.41) is 0. The number of aromatic nitrogens is 1. The van der Waals surface area contributed by atoms with Gasteiger partial charge in [0.05, 0.1) is 6.61 Å². The summed E-state index contributed by atoms with van der Waals surface area (Å²) >= 11 is 0. The second-order valence-electron chi connectivity index (χ2n) is 4.91. The second kappa shape index (κ2) is 6.74. The Labute approximate surface area is 110 Å². The van der Waals surface area contributed by atoms with Crippen LogP contribution in [0.1, 0.15) is 51.1 Å². The van der Waals surface area contributed by atoms with Crippen LogP contribution in [0.5, 0.6) is 5.88 Å². The Morgan fingerprint density at radius 2 is 2.28 bits per heavy atom. The third-order valence-electron chi connectivity index (χ3n) is 3.60. The SMILES string of the molecule is CCCCN1CCC[C@@H]1c1ccc(OCC)nc1. The normalized spacial score (nSPS) is 20.2. The van der Waals surface area contributed by atoms with Crippen molar-refractivity contribution in [2.45, 2.75) is 45.6 Å². The maximum atomic E-state index is 5.39. The van der Waals surface area contributed by atoms with Crippen molar-refractivity contribution in [2.75, 3.05) is 19.7 Å². The summed E-state index contributed by atoms with van der Waals surface area (Å²) in [6.45, 7) is 7.37. The van der Waals surface area contributed by atoms with Gasteiger partial charge in [-0.05, 0) is 44.8 Å². The van der Waals surface area contributed by atoms with Gasteiger partial charge < -0.3 is 4.74 Å². The zero-order valence-electron chi connectivity index (χ0n) is 11.6. The van der Waals surface area contributed by atoms with E-state index in [4.69, 9.17) is 4.74 Å². The highest BCUT2D eigenvalue weighted by Gasteiger charge is 2.25. The first-order valence-electron chi connectivity index (χ1n) is 7.18. The maximum absolute atomic E-state index is 5.39. The molecule has 1 aliphatic heterocycles. The van der Waals surface area contributed by atoms with E-state index in [9.17, 15) is 0 Å². The summed E-state index contributed by atoms with van der Waals surface area (Å²) in [5.74, 6) is 0.736. The van der Waals surface area contributed by atoms with Gasteiger partial charge in [0.2, 0.25) is 5.88 Å². The Kier molecular flexibility index (Phi) is 5.00. The number of hydrogen-bond donors (Lipinski definition) is 0. The molecule has 3 nitrogen and oxygen atoms in total. The Morgan fingerprint density at radius 1 is 1.39 bits per heavy atom. The first kappa shape index (κ1) is 13.3. The second-order valence-corrected chi connectivity index (χ2v) is 4.91. The van der Waals surface area contributed by atoms with Gasteiger partial charge in [0.25, 0.3) is 0 Å². The van der Waals surface area contributed by atoms with Gasteiger partial charge in [0.1, 0.15) is 0 Å². The van der Waals surface area contributed by atoms with Crippen molar-refractivity contribution < 1.29 is 4.74 Å². The molecule has 1 fully saturated rings. The minimum absolute atomic E-state index is 0.569. The number of nitrogens with zero attached hydrogens (tertiary/aromatic N) is 2. The Hall–Kier alpha value is -1.09. The summed E-state index contributed by atoms with van der Waals surface area (Å²) in [6, 6.07) is 4.74. The van der Waals surface area contributed by atoms with Gasteiger partial charge in [-0.25, -0.2) is 4.98 Å². The third-order valence-corrected chi connectivity index (χ3v) is 3.60. The van der Waals surface area contributed by atoms with Crippen LogP contribution < -0.4 is 4.74 Å². The molecule has 0 spiro atoms. The molecule has 0 saturated carbocycles. The standard InChI is InChI=1S/C15H24N2O/c1-3-5-10-17-11-6-7-14(17)13-8-9-15(16-12-13)18-4-2/h8-9,12,14H,3-7,10-11H2,1-2H3/t14-/m1/s1. The van der Waals surface area contributed by atoms with E-state index in [2.05, 4.69) is 22.9 Å². The van der Waals surface area contributed by atoms with Crippen LogP contribution in [-0.2, 0) is 0 Å². The number of ether oxygens (including phenoxy) is 1. The summed E-state index contributed by atoms with van der Waals surface area (Å²) in [5.41, 5.74) is 1.34. The first-order chi connectivity index (χ1) is 8.85. The van der Waals surface area contributed by atoms with E-state index in [1.807, 2.05) is 19.2 Å². The Morgan fingerprint density at radius 3 is 2.94 bits per heavy atom. The van der Waals surface area contributed by atoms with Gasteiger partial charge in [-0.2, -0.15) is 0 Å². The summed E-state index contributed by atoms with van der Waals surface area (Å²) in [4.78, 5) is 6.98. The smallest absolute Gasteiger partial charge is 0.213 e. The van der Waals surface area contributed by atoms with Crippen LogP contribution in [0.15, 0.2) is 18.3 Å². The summed E-state index contributed by atoms with van der Waals surface area (Å²) in [7, 11) is 0. The van der Waals surface area contributed by atoms with Crippen LogP contribution in [-0.4, -0.2) is 29.6 Å². The predicted molar refractivity (Wildman–Crippen MR) is 73.9 cm³/mol. The van der Waals surface area contributed by atoms with Gasteiger partial charge in [-0.1, -0.05) is 19.4 Å². The molecule has 1 saturated heterocycles. The molecule has 0 unspecified atom stereocenters. The molecular weight excluding hydrogens is 224 g/mol. The molecule has 2 rings (SSSR count). The van der Waals surface area contributed by atoms with E-state index in [0.29, 0.717) is 12.6 Å². The molecule has 0 N–H and O–H groups in total. The van der Waals surface area contributed by atoms with Crippen molar-refractivity contribution >= 4 is 0 Å². The molecule has 0 aromatic carbocycles. The van der Waals surface area contributed by atoms with Crippen molar-refractivity contribution in [3.05, 3.63) is 23.9 Å². The average molecular weight is 248 g/mol. The highest BCUT2D eigenvalue weighted by Crippen LogP contribution is 2.32. The van der Waals surface area contributed by atoms with Crippen LogP contribution in [0.2, 0.25) is 0 Å². The molecule has 0 bridgehead atoms. The minimum atomic E-state index is 0.569. The Balaban J connectivity index is 2.00. The van der Waals surface area contributed by atoms with Gasteiger partial charge in [-0.15, -0.1) is 0 Å². The fourth-order valence-electron chi connectivity index (χ4n) is 2.65. The largest absolute Gasteiger partial charge is 0.478 e. The molecule has 1 atom stereocenters. The van der Waals surface area contributed by atoms with E-state index in [1.165, 1.54) is 44.3 Å². The predicted octanol–water partition coefficient (Wildman–Crippen LogP) is 3.42. The Bertz CT molecular complexity index is 350. The van der Waals surface area contributed by atoms with Crippen LogP contribution >= 0.6 is 0 Å². The molecule has 1 aliphatic rings. The van der Waals surface area contributed by atoms with E-state index in [-0.39, 0.29) is 0 Å². The van der Waals surface area contributed by atoms with Crippen molar-refractivity contribution in [1.82, 2.24) is 9.88 Å². The lowest BCUT2D eigenvalue weighted by molar-refractivity contribution is 0.252. The van der Waals surface area contributed by atoms with Crippen LogP contribution in [0.4, 0.5) is 0 Å². The molecule has 3 heteroatoms. The molecule has 100 valence electrons. The average Bonchev–Trinajstić information content (AvgIpc) is 2.86. The van der Waals surface area contributed by atoms with E-state index < -0.39 is 0 Å². The molecule has 1 aromatic rings. The van der Waals surface area contributed by atoms with Gasteiger partial charge in [0.15, 0.2) is 0 Å². The fraction of sp³-hybridized carbons (Fsp3) is 0.667. The summed E-state index contributed by atoms with van der Waals surface area (Å²) < 4.78 is 5.39. The number of pyridine rings is 1.